The predicted octanol–water partition coefficient (Wildman–Crippen LogP) is 3.38. The summed E-state index contributed by atoms with van der Waals surface area (Å²) in [5.41, 5.74) is 1.07. The number of hydrogen-bond donors (Lipinski definition) is 1. The molecule has 1 aliphatic heterocycles. The molecular formula is C16H22ClN3O2. The molecule has 0 bridgehead atoms. The number of nitrogens with one attached hydrogen (secondary N) is 1. The van der Waals surface area contributed by atoms with Gasteiger partial charge in [-0.15, -0.1) is 0 Å². The molecule has 120 valence electrons. The van der Waals surface area contributed by atoms with Gasteiger partial charge in [0.15, 0.2) is 0 Å². The zero-order valence-electron chi connectivity index (χ0n) is 12.6. The average Bonchev–Trinajstić information content (AvgIpc) is 3.04. The van der Waals surface area contributed by atoms with Crippen molar-refractivity contribution in [3.63, 3.8) is 0 Å². The average molecular weight is 324 g/mol. The lowest BCUT2D eigenvalue weighted by Crippen LogP contribution is -2.46. The molecule has 1 N–H and O–H groups in total. The van der Waals surface area contributed by atoms with Gasteiger partial charge < -0.3 is 5.32 Å². The number of nitro benzene ring substituents is 1. The van der Waals surface area contributed by atoms with Crippen molar-refractivity contribution in [3.05, 3.63) is 38.9 Å². The van der Waals surface area contributed by atoms with E-state index in [4.69, 9.17) is 11.6 Å². The van der Waals surface area contributed by atoms with E-state index in [1.54, 1.807) is 12.1 Å². The van der Waals surface area contributed by atoms with E-state index in [1.807, 2.05) is 6.07 Å². The van der Waals surface area contributed by atoms with Crippen molar-refractivity contribution in [1.29, 1.82) is 0 Å². The van der Waals surface area contributed by atoms with E-state index in [0.29, 0.717) is 5.92 Å². The van der Waals surface area contributed by atoms with Crippen LogP contribution in [0.2, 0.25) is 5.02 Å². The summed E-state index contributed by atoms with van der Waals surface area (Å²) in [6.07, 6.45) is 4.96. The molecule has 1 aromatic rings. The van der Waals surface area contributed by atoms with Gasteiger partial charge in [-0.05, 0) is 30.4 Å². The summed E-state index contributed by atoms with van der Waals surface area (Å²) in [5.74, 6) is 0.596. The van der Waals surface area contributed by atoms with E-state index in [2.05, 4.69) is 10.2 Å². The number of hydrogen-bond acceptors (Lipinski definition) is 4. The number of benzene rings is 1. The molecule has 0 radical (unpaired) electrons. The lowest BCUT2D eigenvalue weighted by atomic mass is 9.89. The minimum atomic E-state index is -0.380. The van der Waals surface area contributed by atoms with Crippen LogP contribution in [0.25, 0.3) is 0 Å². The van der Waals surface area contributed by atoms with Crippen molar-refractivity contribution in [3.8, 4) is 0 Å². The van der Waals surface area contributed by atoms with Gasteiger partial charge in [-0.25, -0.2) is 0 Å². The molecule has 1 saturated heterocycles. The molecule has 5 nitrogen and oxygen atoms in total. The van der Waals surface area contributed by atoms with Gasteiger partial charge in [-0.3, -0.25) is 15.0 Å². The van der Waals surface area contributed by atoms with Crippen molar-refractivity contribution in [2.24, 2.45) is 5.92 Å². The smallest absolute Gasteiger partial charge is 0.288 e. The van der Waals surface area contributed by atoms with Crippen molar-refractivity contribution in [2.75, 3.05) is 26.2 Å². The van der Waals surface area contributed by atoms with Crippen LogP contribution < -0.4 is 5.32 Å². The van der Waals surface area contributed by atoms with Gasteiger partial charge in [0.2, 0.25) is 0 Å². The maximum absolute atomic E-state index is 11.2. The highest BCUT2D eigenvalue weighted by atomic mass is 35.5. The number of nitro groups is 1. The molecule has 1 atom stereocenters. The Morgan fingerprint density at radius 1 is 1.27 bits per heavy atom. The minimum absolute atomic E-state index is 0.0253. The van der Waals surface area contributed by atoms with Gasteiger partial charge in [-0.2, -0.15) is 0 Å². The van der Waals surface area contributed by atoms with Gasteiger partial charge >= 0.3 is 0 Å². The first-order valence-corrected chi connectivity index (χ1v) is 8.43. The standard InChI is InChI=1S/C16H22ClN3O2/c17-14-6-5-13(11-15(14)20(21)22)16(12-3-1-2-4-12)19-9-7-18-8-10-19/h5-6,11-12,16,18H,1-4,7-10H2/t16-/m0/s1. The van der Waals surface area contributed by atoms with E-state index >= 15 is 0 Å². The van der Waals surface area contributed by atoms with Crippen molar-refractivity contribution in [1.82, 2.24) is 10.2 Å². The Labute approximate surface area is 135 Å². The van der Waals surface area contributed by atoms with Gasteiger partial charge in [0, 0.05) is 38.3 Å². The Balaban J connectivity index is 1.93. The monoisotopic (exact) mass is 323 g/mol. The van der Waals surface area contributed by atoms with Crippen LogP contribution in [-0.4, -0.2) is 36.0 Å². The summed E-state index contributed by atoms with van der Waals surface area (Å²) in [4.78, 5) is 13.3. The Morgan fingerprint density at radius 3 is 2.59 bits per heavy atom. The number of piperazine rings is 1. The molecule has 0 spiro atoms. The summed E-state index contributed by atoms with van der Waals surface area (Å²) < 4.78 is 0. The second kappa shape index (κ2) is 6.94. The van der Waals surface area contributed by atoms with Crippen LogP contribution in [0.15, 0.2) is 18.2 Å². The van der Waals surface area contributed by atoms with Crippen molar-refractivity contribution >= 4 is 17.3 Å². The number of rotatable bonds is 4. The SMILES string of the molecule is O=[N+]([O-])c1cc([C@H](C2CCCC2)N2CCNCC2)ccc1Cl. The molecule has 2 aliphatic rings. The number of nitrogens with zero attached hydrogens (tertiary/aromatic N) is 2. The molecular weight excluding hydrogens is 302 g/mol. The molecule has 22 heavy (non-hydrogen) atoms. The molecule has 1 saturated carbocycles. The van der Waals surface area contributed by atoms with Gasteiger partial charge in [0.05, 0.1) is 4.92 Å². The predicted molar refractivity (Wildman–Crippen MR) is 87.2 cm³/mol. The first-order chi connectivity index (χ1) is 10.7. The molecule has 6 heteroatoms. The van der Waals surface area contributed by atoms with Gasteiger partial charge in [0.1, 0.15) is 5.02 Å². The third-order valence-corrected chi connectivity index (χ3v) is 5.22. The topological polar surface area (TPSA) is 58.4 Å². The van der Waals surface area contributed by atoms with Crippen molar-refractivity contribution < 1.29 is 4.92 Å². The first kappa shape index (κ1) is 15.7. The van der Waals surface area contributed by atoms with Gasteiger partial charge in [-0.1, -0.05) is 30.5 Å². The summed E-state index contributed by atoms with van der Waals surface area (Å²) >= 11 is 5.98. The molecule has 0 amide bonds. The molecule has 0 unspecified atom stereocenters. The van der Waals surface area contributed by atoms with E-state index in [9.17, 15) is 10.1 Å². The van der Waals surface area contributed by atoms with Crippen LogP contribution in [0.1, 0.15) is 37.3 Å². The van der Waals surface area contributed by atoms with Gasteiger partial charge in [0.25, 0.3) is 5.69 Å². The lowest BCUT2D eigenvalue weighted by Gasteiger charge is -2.38. The normalized spacial score (nSPS) is 21.9. The molecule has 1 heterocycles. The first-order valence-electron chi connectivity index (χ1n) is 8.05. The fourth-order valence-electron chi connectivity index (χ4n) is 3.87. The van der Waals surface area contributed by atoms with Crippen LogP contribution in [0.5, 0.6) is 0 Å². The Hall–Kier alpha value is -1.17. The molecule has 2 fully saturated rings. The Morgan fingerprint density at radius 2 is 1.95 bits per heavy atom. The molecule has 3 rings (SSSR count). The van der Waals surface area contributed by atoms with Crippen LogP contribution in [0.4, 0.5) is 5.69 Å². The van der Waals surface area contributed by atoms with Crippen molar-refractivity contribution in [2.45, 2.75) is 31.7 Å². The molecule has 1 aliphatic carbocycles. The highest BCUT2D eigenvalue weighted by Crippen LogP contribution is 2.41. The zero-order valence-corrected chi connectivity index (χ0v) is 13.4. The van der Waals surface area contributed by atoms with Crippen LogP contribution >= 0.6 is 11.6 Å². The fraction of sp³-hybridized carbons (Fsp3) is 0.625. The summed E-state index contributed by atoms with van der Waals surface area (Å²) in [5, 5.41) is 14.8. The number of halogens is 1. The lowest BCUT2D eigenvalue weighted by molar-refractivity contribution is -0.384. The third kappa shape index (κ3) is 3.26. The summed E-state index contributed by atoms with van der Waals surface area (Å²) in [6.45, 7) is 3.97. The van der Waals surface area contributed by atoms with E-state index in [-0.39, 0.29) is 21.7 Å². The maximum Gasteiger partial charge on any atom is 0.288 e. The highest BCUT2D eigenvalue weighted by molar-refractivity contribution is 6.32. The van der Waals surface area contributed by atoms with Crippen LogP contribution in [-0.2, 0) is 0 Å². The zero-order chi connectivity index (χ0) is 15.5. The summed E-state index contributed by atoms with van der Waals surface area (Å²) in [7, 11) is 0. The minimum Gasteiger partial charge on any atom is -0.314 e. The third-order valence-electron chi connectivity index (χ3n) is 4.90. The van der Waals surface area contributed by atoms with Crippen LogP contribution in [0, 0.1) is 16.0 Å². The largest absolute Gasteiger partial charge is 0.314 e. The Kier molecular flexibility index (Phi) is 4.96. The molecule has 0 aromatic heterocycles. The maximum atomic E-state index is 11.2. The van der Waals surface area contributed by atoms with E-state index < -0.39 is 0 Å². The van der Waals surface area contributed by atoms with Crippen LogP contribution in [0.3, 0.4) is 0 Å². The fourth-order valence-corrected chi connectivity index (χ4v) is 4.05. The van der Waals surface area contributed by atoms with E-state index in [0.717, 1.165) is 31.7 Å². The Bertz CT molecular complexity index is 540. The quantitative estimate of drug-likeness (QED) is 0.681. The second-order valence-electron chi connectivity index (χ2n) is 6.24. The van der Waals surface area contributed by atoms with E-state index in [1.165, 1.54) is 25.7 Å². The second-order valence-corrected chi connectivity index (χ2v) is 6.65. The highest BCUT2D eigenvalue weighted by Gasteiger charge is 2.32. The molecule has 1 aromatic carbocycles. The summed E-state index contributed by atoms with van der Waals surface area (Å²) in [6, 6.07) is 5.62.